The number of carbonyl (C=O) groups is 2. The van der Waals surface area contributed by atoms with Crippen molar-refractivity contribution in [2.45, 2.75) is 38.5 Å². The molecule has 0 saturated heterocycles. The van der Waals surface area contributed by atoms with E-state index in [1.54, 1.807) is 30.2 Å². The van der Waals surface area contributed by atoms with Gasteiger partial charge in [-0.25, -0.2) is 0 Å². The summed E-state index contributed by atoms with van der Waals surface area (Å²) in [5.41, 5.74) is 1.90. The molecule has 2 rings (SSSR count). The third kappa shape index (κ3) is 6.01. The Bertz CT molecular complexity index is 683. The standard InChI is InChI=1S/C21H29NO5/c1-25-18-10-9-17(15-19(18)26-2)21(24)22(14-12-20(23)27-3)13-11-16-7-5-4-6-8-16/h7,9-10,15H,4-6,8,11-14H2,1-3H3. The van der Waals surface area contributed by atoms with Gasteiger partial charge in [0, 0.05) is 18.7 Å². The normalized spacial score (nSPS) is 13.5. The van der Waals surface area contributed by atoms with E-state index in [4.69, 9.17) is 14.2 Å². The zero-order valence-corrected chi connectivity index (χ0v) is 16.5. The molecule has 1 aromatic carbocycles. The van der Waals surface area contributed by atoms with Gasteiger partial charge in [0.1, 0.15) is 0 Å². The summed E-state index contributed by atoms with van der Waals surface area (Å²) in [6.07, 6.45) is 7.94. The number of nitrogens with zero attached hydrogens (tertiary/aromatic N) is 1. The van der Waals surface area contributed by atoms with Gasteiger partial charge in [0.05, 0.1) is 27.8 Å². The number of hydrogen-bond donors (Lipinski definition) is 0. The van der Waals surface area contributed by atoms with Gasteiger partial charge >= 0.3 is 5.97 Å². The van der Waals surface area contributed by atoms with Crippen molar-refractivity contribution < 1.29 is 23.8 Å². The summed E-state index contributed by atoms with van der Waals surface area (Å²) in [5, 5.41) is 0. The molecule has 148 valence electrons. The van der Waals surface area contributed by atoms with Crippen LogP contribution in [0.2, 0.25) is 0 Å². The van der Waals surface area contributed by atoms with Crippen LogP contribution >= 0.6 is 0 Å². The van der Waals surface area contributed by atoms with E-state index in [-0.39, 0.29) is 18.3 Å². The van der Waals surface area contributed by atoms with E-state index in [0.29, 0.717) is 30.2 Å². The van der Waals surface area contributed by atoms with Crippen molar-refractivity contribution in [1.82, 2.24) is 4.90 Å². The Kier molecular flexibility index (Phi) is 8.17. The summed E-state index contributed by atoms with van der Waals surface area (Å²) in [6.45, 7) is 0.906. The van der Waals surface area contributed by atoms with Crippen LogP contribution in [0.1, 0.15) is 48.9 Å². The van der Waals surface area contributed by atoms with Gasteiger partial charge in [0.15, 0.2) is 11.5 Å². The number of allylic oxidation sites excluding steroid dienone is 1. The number of rotatable bonds is 9. The lowest BCUT2D eigenvalue weighted by Gasteiger charge is -2.24. The second-order valence-electron chi connectivity index (χ2n) is 6.55. The molecule has 0 aliphatic heterocycles. The number of ether oxygens (including phenoxy) is 3. The Morgan fingerprint density at radius 1 is 1.04 bits per heavy atom. The van der Waals surface area contributed by atoms with Crippen LogP contribution in [0, 0.1) is 0 Å². The Morgan fingerprint density at radius 3 is 2.44 bits per heavy atom. The summed E-state index contributed by atoms with van der Waals surface area (Å²) in [4.78, 5) is 26.3. The first-order chi connectivity index (χ1) is 13.1. The first kappa shape index (κ1) is 20.8. The molecule has 0 bridgehead atoms. The van der Waals surface area contributed by atoms with Crippen molar-refractivity contribution in [1.29, 1.82) is 0 Å². The summed E-state index contributed by atoms with van der Waals surface area (Å²) in [7, 11) is 4.45. The molecular weight excluding hydrogens is 346 g/mol. The predicted molar refractivity (Wildman–Crippen MR) is 103 cm³/mol. The maximum atomic E-state index is 13.0. The number of hydrogen-bond acceptors (Lipinski definition) is 5. The molecule has 0 saturated carbocycles. The van der Waals surface area contributed by atoms with Gasteiger partial charge in [-0.05, 0) is 50.3 Å². The topological polar surface area (TPSA) is 65.1 Å². The second-order valence-corrected chi connectivity index (χ2v) is 6.55. The zero-order chi connectivity index (χ0) is 19.6. The Hall–Kier alpha value is -2.50. The average molecular weight is 375 g/mol. The third-order valence-electron chi connectivity index (χ3n) is 4.82. The molecule has 6 heteroatoms. The first-order valence-corrected chi connectivity index (χ1v) is 9.35. The van der Waals surface area contributed by atoms with Gasteiger partial charge in [-0.15, -0.1) is 0 Å². The Balaban J connectivity index is 2.13. The van der Waals surface area contributed by atoms with Crippen LogP contribution < -0.4 is 9.47 Å². The maximum absolute atomic E-state index is 13.0. The Labute approximate surface area is 161 Å². The van der Waals surface area contributed by atoms with Crippen LogP contribution in [-0.4, -0.2) is 51.2 Å². The number of esters is 1. The monoisotopic (exact) mass is 375 g/mol. The first-order valence-electron chi connectivity index (χ1n) is 9.35. The molecule has 0 fully saturated rings. The minimum absolute atomic E-state index is 0.128. The molecule has 1 amide bonds. The molecule has 0 heterocycles. The van der Waals surface area contributed by atoms with Gasteiger partial charge in [-0.1, -0.05) is 11.6 Å². The van der Waals surface area contributed by atoms with Gasteiger partial charge in [-0.2, -0.15) is 0 Å². The van der Waals surface area contributed by atoms with Gasteiger partial charge in [0.2, 0.25) is 0 Å². The highest BCUT2D eigenvalue weighted by molar-refractivity contribution is 5.95. The fourth-order valence-corrected chi connectivity index (χ4v) is 3.21. The van der Waals surface area contributed by atoms with E-state index in [0.717, 1.165) is 19.3 Å². The summed E-state index contributed by atoms with van der Waals surface area (Å²) in [6, 6.07) is 5.11. The molecule has 0 atom stereocenters. The van der Waals surface area contributed by atoms with E-state index in [9.17, 15) is 9.59 Å². The fourth-order valence-electron chi connectivity index (χ4n) is 3.21. The number of methoxy groups -OCH3 is 3. The molecule has 0 N–H and O–H groups in total. The van der Waals surface area contributed by atoms with E-state index >= 15 is 0 Å². The summed E-state index contributed by atoms with van der Waals surface area (Å²) >= 11 is 0. The molecule has 27 heavy (non-hydrogen) atoms. The molecule has 0 radical (unpaired) electrons. The van der Waals surface area contributed by atoms with E-state index in [2.05, 4.69) is 6.08 Å². The minimum Gasteiger partial charge on any atom is -0.493 e. The van der Waals surface area contributed by atoms with Crippen LogP contribution in [-0.2, 0) is 9.53 Å². The molecule has 0 aromatic heterocycles. The third-order valence-corrected chi connectivity index (χ3v) is 4.82. The van der Waals surface area contributed by atoms with Crippen molar-refractivity contribution in [3.63, 3.8) is 0 Å². The molecule has 1 aliphatic rings. The van der Waals surface area contributed by atoms with E-state index in [1.165, 1.54) is 32.6 Å². The quantitative estimate of drug-likeness (QED) is 0.487. The second kappa shape index (κ2) is 10.6. The largest absolute Gasteiger partial charge is 0.493 e. The van der Waals surface area contributed by atoms with Crippen molar-refractivity contribution in [2.24, 2.45) is 0 Å². The van der Waals surface area contributed by atoms with Crippen molar-refractivity contribution in [2.75, 3.05) is 34.4 Å². The van der Waals surface area contributed by atoms with Crippen molar-refractivity contribution >= 4 is 11.9 Å². The van der Waals surface area contributed by atoms with E-state index < -0.39 is 0 Å². The molecule has 1 aromatic rings. The predicted octanol–water partition coefficient (Wildman–Crippen LogP) is 3.60. The number of benzene rings is 1. The zero-order valence-electron chi connectivity index (χ0n) is 16.5. The van der Waals surface area contributed by atoms with Crippen LogP contribution in [0.5, 0.6) is 11.5 Å². The minimum atomic E-state index is -0.322. The fraction of sp³-hybridized carbons (Fsp3) is 0.524. The molecule has 0 spiro atoms. The highest BCUT2D eigenvalue weighted by Crippen LogP contribution is 2.28. The highest BCUT2D eigenvalue weighted by Gasteiger charge is 2.19. The lowest BCUT2D eigenvalue weighted by molar-refractivity contribution is -0.140. The number of carbonyl (C=O) groups excluding carboxylic acids is 2. The van der Waals surface area contributed by atoms with E-state index in [1.807, 2.05) is 0 Å². The van der Waals surface area contributed by atoms with Crippen LogP contribution in [0.3, 0.4) is 0 Å². The summed E-state index contributed by atoms with van der Waals surface area (Å²) in [5.74, 6) is 0.627. The van der Waals surface area contributed by atoms with Crippen LogP contribution in [0.4, 0.5) is 0 Å². The smallest absolute Gasteiger partial charge is 0.307 e. The lowest BCUT2D eigenvalue weighted by Crippen LogP contribution is -2.34. The Morgan fingerprint density at radius 2 is 1.81 bits per heavy atom. The molecule has 1 aliphatic carbocycles. The van der Waals surface area contributed by atoms with Gasteiger partial charge < -0.3 is 19.1 Å². The lowest BCUT2D eigenvalue weighted by atomic mass is 9.97. The van der Waals surface area contributed by atoms with Crippen LogP contribution in [0.15, 0.2) is 29.8 Å². The SMILES string of the molecule is COC(=O)CCN(CCC1=CCCCC1)C(=O)c1ccc(OC)c(OC)c1. The highest BCUT2D eigenvalue weighted by atomic mass is 16.5. The molecule has 6 nitrogen and oxygen atoms in total. The maximum Gasteiger partial charge on any atom is 0.307 e. The number of amides is 1. The average Bonchev–Trinajstić information content (AvgIpc) is 2.73. The van der Waals surface area contributed by atoms with Crippen molar-refractivity contribution in [3.8, 4) is 11.5 Å². The van der Waals surface area contributed by atoms with Crippen LogP contribution in [0.25, 0.3) is 0 Å². The molecule has 0 unspecified atom stereocenters. The van der Waals surface area contributed by atoms with Gasteiger partial charge in [-0.3, -0.25) is 9.59 Å². The molecular formula is C21H29NO5. The van der Waals surface area contributed by atoms with Crippen molar-refractivity contribution in [3.05, 3.63) is 35.4 Å². The summed E-state index contributed by atoms with van der Waals surface area (Å²) < 4.78 is 15.3. The van der Waals surface area contributed by atoms with Gasteiger partial charge in [0.25, 0.3) is 5.91 Å².